The Balaban J connectivity index is 1.29. The summed E-state index contributed by atoms with van der Waals surface area (Å²) in [5.74, 6) is 1.68. The van der Waals surface area contributed by atoms with E-state index in [9.17, 15) is 9.90 Å². The zero-order chi connectivity index (χ0) is 25.4. The number of amides is 1. The number of benzene rings is 2. The monoisotopic (exact) mass is 497 g/mol. The molecule has 0 radical (unpaired) electrons. The summed E-state index contributed by atoms with van der Waals surface area (Å²) in [5.41, 5.74) is 8.10. The molecule has 2 aliphatic heterocycles. The van der Waals surface area contributed by atoms with Gasteiger partial charge in [0.15, 0.2) is 17.3 Å². The number of carbonyl (C=O) groups is 1. The van der Waals surface area contributed by atoms with Crippen molar-refractivity contribution in [2.24, 2.45) is 5.73 Å². The molecule has 0 unspecified atom stereocenters. The number of anilines is 1. The van der Waals surface area contributed by atoms with Crippen molar-refractivity contribution in [2.45, 2.75) is 43.9 Å². The van der Waals surface area contributed by atoms with Crippen molar-refractivity contribution in [3.05, 3.63) is 72.1 Å². The Bertz CT molecular complexity index is 1400. The number of H-pyrrole nitrogens is 1. The van der Waals surface area contributed by atoms with E-state index in [2.05, 4.69) is 9.88 Å². The van der Waals surface area contributed by atoms with Gasteiger partial charge in [-0.15, -0.1) is 0 Å². The molecule has 2 aromatic carbocycles. The Kier molecular flexibility index (Phi) is 6.10. The highest BCUT2D eigenvalue weighted by molar-refractivity contribution is 5.90. The van der Waals surface area contributed by atoms with E-state index in [1.807, 2.05) is 65.6 Å². The maximum atomic E-state index is 12.2. The summed E-state index contributed by atoms with van der Waals surface area (Å²) in [7, 11) is 0. The predicted molar refractivity (Wildman–Crippen MR) is 142 cm³/mol. The fourth-order valence-electron chi connectivity index (χ4n) is 5.58. The van der Waals surface area contributed by atoms with Crippen LogP contribution in [0.1, 0.15) is 37.1 Å². The number of nitrogens with zero attached hydrogens (tertiary/aromatic N) is 5. The summed E-state index contributed by atoms with van der Waals surface area (Å²) in [5, 5.41) is 11.2. The van der Waals surface area contributed by atoms with E-state index < -0.39 is 11.6 Å². The van der Waals surface area contributed by atoms with Crippen LogP contribution in [0.4, 0.5) is 5.82 Å². The first kappa shape index (κ1) is 23.6. The number of imidazole rings is 1. The number of aromatic amines is 1. The van der Waals surface area contributed by atoms with Gasteiger partial charge in [0.2, 0.25) is 5.91 Å². The van der Waals surface area contributed by atoms with Crippen molar-refractivity contribution in [3.8, 4) is 11.4 Å². The summed E-state index contributed by atoms with van der Waals surface area (Å²) in [6.07, 6.45) is 2.91. The van der Waals surface area contributed by atoms with Crippen LogP contribution in [-0.2, 0) is 16.9 Å². The van der Waals surface area contributed by atoms with Gasteiger partial charge in [-0.3, -0.25) is 9.69 Å². The van der Waals surface area contributed by atoms with Gasteiger partial charge in [0.25, 0.3) is 0 Å². The van der Waals surface area contributed by atoms with Crippen LogP contribution in [0.5, 0.6) is 0 Å². The third kappa shape index (κ3) is 4.56. The first-order valence-corrected chi connectivity index (χ1v) is 12.9. The van der Waals surface area contributed by atoms with Crippen molar-refractivity contribution in [1.29, 1.82) is 0 Å². The lowest BCUT2D eigenvalue weighted by molar-refractivity contribution is -0.119. The van der Waals surface area contributed by atoms with Crippen molar-refractivity contribution in [2.75, 3.05) is 24.5 Å². The van der Waals surface area contributed by atoms with Gasteiger partial charge in [-0.05, 0) is 31.2 Å². The van der Waals surface area contributed by atoms with Gasteiger partial charge < -0.3 is 20.7 Å². The SMILES string of the molecule is NC(=O)[C@H]1CCCN1c1nc(-c2ccccc2)nc2nc(CN3CCC(O)(c4ccccc4)CC3)[nH]c12. The number of likely N-dealkylation sites (tertiary alicyclic amines) is 1. The second-order valence-electron chi connectivity index (χ2n) is 10.0. The van der Waals surface area contributed by atoms with Crippen LogP contribution in [0, 0.1) is 0 Å². The lowest BCUT2D eigenvalue weighted by Crippen LogP contribution is -2.42. The quantitative estimate of drug-likeness (QED) is 0.374. The predicted octanol–water partition coefficient (Wildman–Crippen LogP) is 2.96. The van der Waals surface area contributed by atoms with Crippen molar-refractivity contribution < 1.29 is 9.90 Å². The van der Waals surface area contributed by atoms with Crippen LogP contribution >= 0.6 is 0 Å². The molecule has 9 heteroatoms. The molecule has 4 N–H and O–H groups in total. The van der Waals surface area contributed by atoms with Crippen LogP contribution < -0.4 is 10.6 Å². The number of hydrogen-bond donors (Lipinski definition) is 3. The lowest BCUT2D eigenvalue weighted by atomic mass is 9.84. The normalized spacial score (nSPS) is 19.9. The van der Waals surface area contributed by atoms with E-state index in [-0.39, 0.29) is 5.91 Å². The van der Waals surface area contributed by atoms with Crippen LogP contribution in [0.25, 0.3) is 22.6 Å². The highest BCUT2D eigenvalue weighted by Crippen LogP contribution is 2.34. The molecule has 9 nitrogen and oxygen atoms in total. The molecule has 0 aliphatic carbocycles. The molecule has 1 atom stereocenters. The molecule has 2 saturated heterocycles. The maximum absolute atomic E-state index is 12.2. The molecule has 37 heavy (non-hydrogen) atoms. The largest absolute Gasteiger partial charge is 0.385 e. The zero-order valence-corrected chi connectivity index (χ0v) is 20.7. The van der Waals surface area contributed by atoms with E-state index in [4.69, 9.17) is 20.7 Å². The molecule has 0 spiro atoms. The summed E-state index contributed by atoms with van der Waals surface area (Å²) in [4.78, 5) is 34.4. The third-order valence-electron chi connectivity index (χ3n) is 7.63. The third-order valence-corrected chi connectivity index (χ3v) is 7.63. The number of piperidine rings is 1. The first-order chi connectivity index (χ1) is 18.0. The van der Waals surface area contributed by atoms with Crippen LogP contribution in [-0.4, -0.2) is 61.5 Å². The number of hydrogen-bond acceptors (Lipinski definition) is 7. The molecule has 0 bridgehead atoms. The highest BCUT2D eigenvalue weighted by Gasteiger charge is 2.35. The minimum Gasteiger partial charge on any atom is -0.385 e. The zero-order valence-electron chi connectivity index (χ0n) is 20.7. The molecule has 4 heterocycles. The number of nitrogens with two attached hydrogens (primary N) is 1. The van der Waals surface area contributed by atoms with Gasteiger partial charge in [-0.1, -0.05) is 60.7 Å². The summed E-state index contributed by atoms with van der Waals surface area (Å²) in [6.45, 7) is 2.82. The molecule has 6 rings (SSSR count). The van der Waals surface area contributed by atoms with Gasteiger partial charge in [0.1, 0.15) is 17.4 Å². The summed E-state index contributed by atoms with van der Waals surface area (Å²) >= 11 is 0. The van der Waals surface area contributed by atoms with Gasteiger partial charge in [-0.25, -0.2) is 15.0 Å². The van der Waals surface area contributed by atoms with Gasteiger partial charge in [-0.2, -0.15) is 0 Å². The fraction of sp³-hybridized carbons (Fsp3) is 0.357. The Morgan fingerprint density at radius 1 is 1.00 bits per heavy atom. The molecular weight excluding hydrogens is 466 g/mol. The van der Waals surface area contributed by atoms with Gasteiger partial charge in [0, 0.05) is 25.2 Å². The van der Waals surface area contributed by atoms with Gasteiger partial charge in [0.05, 0.1) is 12.1 Å². The van der Waals surface area contributed by atoms with Crippen molar-refractivity contribution in [3.63, 3.8) is 0 Å². The van der Waals surface area contributed by atoms with E-state index in [1.54, 1.807) is 0 Å². The lowest BCUT2D eigenvalue weighted by Gasteiger charge is -2.38. The maximum Gasteiger partial charge on any atom is 0.240 e. The van der Waals surface area contributed by atoms with E-state index in [0.29, 0.717) is 49.6 Å². The fourth-order valence-corrected chi connectivity index (χ4v) is 5.58. The number of carbonyl (C=O) groups excluding carboxylic acids is 1. The van der Waals surface area contributed by atoms with Crippen molar-refractivity contribution in [1.82, 2.24) is 24.8 Å². The average Bonchev–Trinajstić information content (AvgIpc) is 3.58. The Morgan fingerprint density at radius 3 is 2.41 bits per heavy atom. The number of aliphatic hydroxyl groups is 1. The summed E-state index contributed by atoms with van der Waals surface area (Å²) < 4.78 is 0. The van der Waals surface area contributed by atoms with Crippen LogP contribution in [0.2, 0.25) is 0 Å². The Morgan fingerprint density at radius 2 is 1.70 bits per heavy atom. The topological polar surface area (TPSA) is 124 Å². The average molecular weight is 498 g/mol. The molecule has 1 amide bonds. The molecular formula is C28H31N7O2. The smallest absolute Gasteiger partial charge is 0.240 e. The molecule has 190 valence electrons. The minimum atomic E-state index is -0.797. The number of fused-ring (bicyclic) bond motifs is 1. The minimum absolute atomic E-state index is 0.343. The van der Waals surface area contributed by atoms with Gasteiger partial charge >= 0.3 is 0 Å². The number of aromatic nitrogens is 4. The van der Waals surface area contributed by atoms with E-state index >= 15 is 0 Å². The Labute approximate surface area is 215 Å². The molecule has 2 fully saturated rings. The number of primary amides is 1. The standard InChI is InChI=1S/C28H31N7O2/c29-24(36)21-12-7-15-35(21)27-23-26(32-25(33-27)19-8-3-1-4-9-19)31-22(30-23)18-34-16-13-28(37,14-17-34)20-10-5-2-6-11-20/h1-6,8-11,21,37H,7,12-18H2,(H2,29,36)(H,30,31,32,33)/t21-/m1/s1. The van der Waals surface area contributed by atoms with Crippen molar-refractivity contribution >= 4 is 22.9 Å². The molecule has 2 aromatic heterocycles. The first-order valence-electron chi connectivity index (χ1n) is 12.9. The molecule has 2 aliphatic rings. The highest BCUT2D eigenvalue weighted by atomic mass is 16.3. The second-order valence-corrected chi connectivity index (χ2v) is 10.0. The van der Waals surface area contributed by atoms with Crippen LogP contribution in [0.15, 0.2) is 60.7 Å². The summed E-state index contributed by atoms with van der Waals surface area (Å²) in [6, 6.07) is 19.3. The van der Waals surface area contributed by atoms with Crippen LogP contribution in [0.3, 0.4) is 0 Å². The second kappa shape index (κ2) is 9.57. The number of rotatable bonds is 6. The van der Waals surface area contributed by atoms with E-state index in [1.165, 1.54) is 0 Å². The molecule has 0 saturated carbocycles. The molecule has 4 aromatic rings. The number of nitrogens with one attached hydrogen (secondary N) is 1. The Hall–Kier alpha value is -3.82. The van der Waals surface area contributed by atoms with E-state index in [0.717, 1.165) is 42.0 Å².